The molecule has 0 fully saturated rings. The van der Waals surface area contributed by atoms with E-state index < -0.39 is 0 Å². The van der Waals surface area contributed by atoms with E-state index in [9.17, 15) is 9.59 Å². The minimum atomic E-state index is -0.0671. The van der Waals surface area contributed by atoms with E-state index in [1.165, 1.54) is 6.92 Å². The Hall–Kier alpha value is -2.49. The molecule has 20 heavy (non-hydrogen) atoms. The molecular weight excluding hydrogens is 252 g/mol. The first-order valence-electron chi connectivity index (χ1n) is 6.45. The average Bonchev–Trinajstić information content (AvgIpc) is 2.46. The van der Waals surface area contributed by atoms with Gasteiger partial charge in [-0.05, 0) is 43.2 Å². The zero-order valence-electron chi connectivity index (χ0n) is 11.3. The van der Waals surface area contributed by atoms with Gasteiger partial charge in [0, 0.05) is 30.1 Å². The molecular formula is C16H16N2O2. The van der Waals surface area contributed by atoms with Crippen molar-refractivity contribution in [1.82, 2.24) is 4.98 Å². The van der Waals surface area contributed by atoms with E-state index in [1.807, 2.05) is 12.1 Å². The highest BCUT2D eigenvalue weighted by atomic mass is 16.1. The molecule has 4 nitrogen and oxygen atoms in total. The van der Waals surface area contributed by atoms with Gasteiger partial charge < -0.3 is 5.32 Å². The predicted octanol–water partition coefficient (Wildman–Crippen LogP) is 2.86. The third-order valence-electron chi connectivity index (χ3n) is 2.94. The molecule has 1 N–H and O–H groups in total. The fourth-order valence-electron chi connectivity index (χ4n) is 1.85. The van der Waals surface area contributed by atoms with Crippen molar-refractivity contribution >= 4 is 17.4 Å². The van der Waals surface area contributed by atoms with Crippen LogP contribution in [0.15, 0.2) is 48.8 Å². The van der Waals surface area contributed by atoms with Gasteiger partial charge in [0.05, 0.1) is 0 Å². The first-order chi connectivity index (χ1) is 9.65. The molecule has 2 aromatic rings. The highest BCUT2D eigenvalue weighted by molar-refractivity contribution is 5.97. The molecule has 1 aromatic carbocycles. The van der Waals surface area contributed by atoms with E-state index in [4.69, 9.17) is 0 Å². The Labute approximate surface area is 117 Å². The third kappa shape index (κ3) is 4.02. The molecule has 0 saturated heterocycles. The van der Waals surface area contributed by atoms with Crippen LogP contribution in [-0.2, 0) is 11.2 Å². The minimum absolute atomic E-state index is 0.0158. The molecule has 1 aromatic heterocycles. The summed E-state index contributed by atoms with van der Waals surface area (Å²) in [5.41, 5.74) is 2.32. The average molecular weight is 268 g/mol. The summed E-state index contributed by atoms with van der Waals surface area (Å²) >= 11 is 0. The Bertz CT molecular complexity index is 609. The number of amides is 1. The van der Waals surface area contributed by atoms with E-state index in [1.54, 1.807) is 36.7 Å². The van der Waals surface area contributed by atoms with Crippen molar-refractivity contribution in [2.45, 2.75) is 19.8 Å². The van der Waals surface area contributed by atoms with E-state index >= 15 is 0 Å². The maximum atomic E-state index is 11.9. The number of rotatable bonds is 5. The number of aryl methyl sites for hydroxylation is 1. The van der Waals surface area contributed by atoms with Crippen LogP contribution in [0, 0.1) is 0 Å². The molecule has 0 aliphatic rings. The van der Waals surface area contributed by atoms with Crippen LogP contribution in [0.5, 0.6) is 0 Å². The Morgan fingerprint density at radius 2 is 1.90 bits per heavy atom. The van der Waals surface area contributed by atoms with Gasteiger partial charge in [0.1, 0.15) is 0 Å². The van der Waals surface area contributed by atoms with Gasteiger partial charge in [-0.15, -0.1) is 0 Å². The van der Waals surface area contributed by atoms with Crippen LogP contribution in [0.2, 0.25) is 0 Å². The van der Waals surface area contributed by atoms with Gasteiger partial charge in [-0.3, -0.25) is 14.6 Å². The maximum Gasteiger partial charge on any atom is 0.224 e. The molecule has 0 saturated carbocycles. The van der Waals surface area contributed by atoms with Crippen molar-refractivity contribution in [1.29, 1.82) is 0 Å². The third-order valence-corrected chi connectivity index (χ3v) is 2.94. The number of benzene rings is 1. The van der Waals surface area contributed by atoms with Gasteiger partial charge >= 0.3 is 0 Å². The molecule has 0 aliphatic carbocycles. The summed E-state index contributed by atoms with van der Waals surface area (Å²) in [6.45, 7) is 1.50. The highest BCUT2D eigenvalue weighted by Gasteiger charge is 2.05. The highest BCUT2D eigenvalue weighted by Crippen LogP contribution is 2.12. The fourth-order valence-corrected chi connectivity index (χ4v) is 1.85. The molecule has 102 valence electrons. The number of carbonyl (C=O) groups is 2. The second-order valence-corrected chi connectivity index (χ2v) is 4.54. The molecule has 4 heteroatoms. The number of aromatic nitrogens is 1. The molecule has 0 spiro atoms. The molecule has 2 rings (SSSR count). The van der Waals surface area contributed by atoms with E-state index in [2.05, 4.69) is 10.3 Å². The number of anilines is 1. The first-order valence-corrected chi connectivity index (χ1v) is 6.45. The zero-order valence-corrected chi connectivity index (χ0v) is 11.3. The number of hydrogen-bond acceptors (Lipinski definition) is 3. The van der Waals surface area contributed by atoms with Crippen LogP contribution in [0.25, 0.3) is 0 Å². The smallest absolute Gasteiger partial charge is 0.224 e. The van der Waals surface area contributed by atoms with Gasteiger partial charge in [0.25, 0.3) is 0 Å². The molecule has 1 heterocycles. The first kappa shape index (κ1) is 13.9. The van der Waals surface area contributed by atoms with Crippen LogP contribution in [0.1, 0.15) is 29.3 Å². The van der Waals surface area contributed by atoms with Crippen LogP contribution in [0.4, 0.5) is 5.69 Å². The molecule has 0 bridgehead atoms. The summed E-state index contributed by atoms with van der Waals surface area (Å²) in [6, 6.07) is 10.7. The summed E-state index contributed by atoms with van der Waals surface area (Å²) in [5.74, 6) is -0.0830. The second-order valence-electron chi connectivity index (χ2n) is 4.54. The normalized spacial score (nSPS) is 10.1. The van der Waals surface area contributed by atoms with Gasteiger partial charge in [-0.25, -0.2) is 0 Å². The SMILES string of the molecule is CC(=O)c1cccc(NC(=O)CCc2ccncc2)c1. The van der Waals surface area contributed by atoms with Crippen molar-refractivity contribution in [2.75, 3.05) is 5.32 Å². The Kier molecular flexibility index (Phi) is 4.60. The maximum absolute atomic E-state index is 11.9. The quantitative estimate of drug-likeness (QED) is 0.848. The summed E-state index contributed by atoms with van der Waals surface area (Å²) in [6.07, 6.45) is 4.49. The zero-order chi connectivity index (χ0) is 14.4. The van der Waals surface area contributed by atoms with Gasteiger partial charge in [0.2, 0.25) is 5.91 Å². The number of hydrogen-bond donors (Lipinski definition) is 1. The van der Waals surface area contributed by atoms with Crippen molar-refractivity contribution < 1.29 is 9.59 Å². The standard InChI is InChI=1S/C16H16N2O2/c1-12(19)14-3-2-4-15(11-14)18-16(20)6-5-13-7-9-17-10-8-13/h2-4,7-11H,5-6H2,1H3,(H,18,20). The summed E-state index contributed by atoms with van der Waals surface area (Å²) in [7, 11) is 0. The van der Waals surface area contributed by atoms with Gasteiger partial charge in [-0.1, -0.05) is 12.1 Å². The minimum Gasteiger partial charge on any atom is -0.326 e. The Morgan fingerprint density at radius 1 is 1.15 bits per heavy atom. The van der Waals surface area contributed by atoms with Gasteiger partial charge in [0.15, 0.2) is 5.78 Å². The number of nitrogens with one attached hydrogen (secondary N) is 1. The van der Waals surface area contributed by atoms with Crippen LogP contribution < -0.4 is 5.32 Å². The van der Waals surface area contributed by atoms with Crippen molar-refractivity contribution in [3.05, 3.63) is 59.9 Å². The van der Waals surface area contributed by atoms with Crippen molar-refractivity contribution in [3.8, 4) is 0 Å². The van der Waals surface area contributed by atoms with Crippen molar-refractivity contribution in [2.24, 2.45) is 0 Å². The monoisotopic (exact) mass is 268 g/mol. The lowest BCUT2D eigenvalue weighted by Crippen LogP contribution is -2.12. The molecule has 0 atom stereocenters. The predicted molar refractivity (Wildman–Crippen MR) is 77.6 cm³/mol. The second kappa shape index (κ2) is 6.61. The largest absolute Gasteiger partial charge is 0.326 e. The number of nitrogens with zero attached hydrogens (tertiary/aromatic N) is 1. The molecule has 0 unspecified atom stereocenters. The molecule has 1 amide bonds. The van der Waals surface area contributed by atoms with E-state index in [0.717, 1.165) is 5.56 Å². The van der Waals surface area contributed by atoms with E-state index in [-0.39, 0.29) is 11.7 Å². The molecule has 0 aliphatic heterocycles. The molecule has 0 radical (unpaired) electrons. The van der Waals surface area contributed by atoms with Crippen LogP contribution in [0.3, 0.4) is 0 Å². The Balaban J connectivity index is 1.91. The van der Waals surface area contributed by atoms with Crippen LogP contribution in [-0.4, -0.2) is 16.7 Å². The topological polar surface area (TPSA) is 59.1 Å². The summed E-state index contributed by atoms with van der Waals surface area (Å²) in [5, 5.41) is 2.80. The van der Waals surface area contributed by atoms with Gasteiger partial charge in [-0.2, -0.15) is 0 Å². The number of carbonyl (C=O) groups excluding carboxylic acids is 2. The van der Waals surface area contributed by atoms with Crippen molar-refractivity contribution in [3.63, 3.8) is 0 Å². The lowest BCUT2D eigenvalue weighted by molar-refractivity contribution is -0.116. The number of ketones is 1. The number of pyridine rings is 1. The Morgan fingerprint density at radius 3 is 2.60 bits per heavy atom. The van der Waals surface area contributed by atoms with Crippen LogP contribution >= 0.6 is 0 Å². The summed E-state index contributed by atoms with van der Waals surface area (Å²) < 4.78 is 0. The lowest BCUT2D eigenvalue weighted by atomic mass is 10.1. The van der Waals surface area contributed by atoms with E-state index in [0.29, 0.717) is 24.1 Å². The summed E-state index contributed by atoms with van der Waals surface area (Å²) in [4.78, 5) is 27.1. The number of Topliss-reactive ketones (excluding diaryl/α,β-unsaturated/α-hetero) is 1. The lowest BCUT2D eigenvalue weighted by Gasteiger charge is -2.06. The fraction of sp³-hybridized carbons (Fsp3) is 0.188.